The predicted molar refractivity (Wildman–Crippen MR) is 132 cm³/mol. The van der Waals surface area contributed by atoms with E-state index in [0.29, 0.717) is 32.5 Å². The van der Waals surface area contributed by atoms with Crippen molar-refractivity contribution in [3.05, 3.63) is 64.1 Å². The number of amides is 1. The molecule has 1 amide bonds. The van der Waals surface area contributed by atoms with Crippen LogP contribution in [0.4, 0.5) is 5.69 Å². The summed E-state index contributed by atoms with van der Waals surface area (Å²) in [6.07, 6.45) is 1.09. The second kappa shape index (κ2) is 11.0. The van der Waals surface area contributed by atoms with Crippen molar-refractivity contribution >= 4 is 37.5 Å². The maximum atomic E-state index is 12.8. The lowest BCUT2D eigenvalue weighted by atomic mass is 9.97. The van der Waals surface area contributed by atoms with E-state index in [0.717, 1.165) is 41.9 Å². The molecule has 2 aliphatic heterocycles. The third-order valence-electron chi connectivity index (χ3n) is 6.26. The normalized spacial score (nSPS) is 18.3. The Hall–Kier alpha value is -1.94. The first-order chi connectivity index (χ1) is 15.9. The predicted octanol–water partition coefficient (Wildman–Crippen LogP) is 3.14. The van der Waals surface area contributed by atoms with Crippen molar-refractivity contribution in [3.63, 3.8) is 0 Å². The fraction of sp³-hybridized carbons (Fsp3) is 0.458. The van der Waals surface area contributed by atoms with Crippen LogP contribution in [-0.4, -0.2) is 58.0 Å². The molecule has 0 radical (unpaired) electrons. The first-order valence-corrected chi connectivity index (χ1v) is 13.7. The van der Waals surface area contributed by atoms with E-state index >= 15 is 0 Å². The molecule has 0 aliphatic carbocycles. The molecule has 2 fully saturated rings. The molecule has 9 heteroatoms. The van der Waals surface area contributed by atoms with Gasteiger partial charge in [-0.1, -0.05) is 40.2 Å². The number of carbonyl (C=O) groups is 1. The van der Waals surface area contributed by atoms with Crippen LogP contribution in [-0.2, 0) is 31.9 Å². The average molecular weight is 536 g/mol. The molecule has 2 aliphatic rings. The summed E-state index contributed by atoms with van der Waals surface area (Å²) in [5.41, 5.74) is 2.98. The molecular formula is C24H30BrN3O4S. The number of carbonyl (C=O) groups excluding carboxylic acids is 1. The minimum atomic E-state index is -3.39. The Morgan fingerprint density at radius 3 is 2.18 bits per heavy atom. The van der Waals surface area contributed by atoms with Crippen LogP contribution in [0.25, 0.3) is 0 Å². The Morgan fingerprint density at radius 1 is 0.939 bits per heavy atom. The molecular weight excluding hydrogens is 506 g/mol. The van der Waals surface area contributed by atoms with Crippen molar-refractivity contribution in [3.8, 4) is 0 Å². The van der Waals surface area contributed by atoms with Crippen molar-refractivity contribution in [2.75, 3.05) is 44.3 Å². The summed E-state index contributed by atoms with van der Waals surface area (Å²) in [7, 11) is -3.39. The highest BCUT2D eigenvalue weighted by molar-refractivity contribution is 9.10. The second-order valence-corrected chi connectivity index (χ2v) is 11.4. The number of ether oxygens (including phenoxy) is 1. The number of nitrogens with one attached hydrogen (secondary N) is 1. The van der Waals surface area contributed by atoms with Crippen LogP contribution in [0.15, 0.2) is 53.0 Å². The van der Waals surface area contributed by atoms with Crippen molar-refractivity contribution in [1.82, 2.24) is 9.62 Å². The highest BCUT2D eigenvalue weighted by Gasteiger charge is 2.31. The van der Waals surface area contributed by atoms with Crippen LogP contribution in [0.1, 0.15) is 24.0 Å². The largest absolute Gasteiger partial charge is 0.378 e. The van der Waals surface area contributed by atoms with E-state index in [1.165, 1.54) is 9.99 Å². The van der Waals surface area contributed by atoms with Gasteiger partial charge in [-0.05, 0) is 48.2 Å². The van der Waals surface area contributed by atoms with Gasteiger partial charge < -0.3 is 15.0 Å². The van der Waals surface area contributed by atoms with E-state index < -0.39 is 10.0 Å². The number of piperidine rings is 1. The van der Waals surface area contributed by atoms with Crippen LogP contribution < -0.4 is 10.2 Å². The van der Waals surface area contributed by atoms with E-state index in [9.17, 15) is 13.2 Å². The van der Waals surface area contributed by atoms with Gasteiger partial charge in [-0.3, -0.25) is 4.79 Å². The molecule has 0 spiro atoms. The van der Waals surface area contributed by atoms with Gasteiger partial charge in [0.2, 0.25) is 15.9 Å². The monoisotopic (exact) mass is 535 g/mol. The molecule has 0 bridgehead atoms. The standard InChI is InChI=1S/C24H30BrN3O4S/c25-22-5-1-20(2-6-22)18-33(30,31)28-11-9-21(10-12-28)24(29)26-17-19-3-7-23(8-4-19)27-13-15-32-16-14-27/h1-8,21H,9-18H2,(H,26,29). The quantitative estimate of drug-likeness (QED) is 0.589. The molecule has 2 aromatic rings. The molecule has 0 aromatic heterocycles. The number of halogens is 1. The van der Waals surface area contributed by atoms with Crippen molar-refractivity contribution < 1.29 is 17.9 Å². The molecule has 0 saturated carbocycles. The molecule has 178 valence electrons. The number of morpholine rings is 1. The number of hydrogen-bond donors (Lipinski definition) is 1. The zero-order chi connectivity index (χ0) is 23.3. The number of benzene rings is 2. The Kier molecular flexibility index (Phi) is 8.06. The van der Waals surface area contributed by atoms with Crippen LogP contribution >= 0.6 is 15.9 Å². The molecule has 7 nitrogen and oxygen atoms in total. The second-order valence-electron chi connectivity index (χ2n) is 8.54. The van der Waals surface area contributed by atoms with E-state index in [1.54, 1.807) is 0 Å². The minimum Gasteiger partial charge on any atom is -0.378 e. The number of anilines is 1. The summed E-state index contributed by atoms with van der Waals surface area (Å²) < 4.78 is 33.4. The van der Waals surface area contributed by atoms with Gasteiger partial charge in [0, 0.05) is 48.8 Å². The highest BCUT2D eigenvalue weighted by Crippen LogP contribution is 2.23. The van der Waals surface area contributed by atoms with Gasteiger partial charge in [-0.15, -0.1) is 0 Å². The molecule has 0 atom stereocenters. The smallest absolute Gasteiger partial charge is 0.223 e. The van der Waals surface area contributed by atoms with Gasteiger partial charge >= 0.3 is 0 Å². The van der Waals surface area contributed by atoms with Gasteiger partial charge in [0.25, 0.3) is 0 Å². The van der Waals surface area contributed by atoms with E-state index in [1.807, 2.05) is 36.4 Å². The zero-order valence-corrected chi connectivity index (χ0v) is 21.0. The maximum absolute atomic E-state index is 12.8. The molecule has 2 aromatic carbocycles. The van der Waals surface area contributed by atoms with E-state index in [-0.39, 0.29) is 17.6 Å². The van der Waals surface area contributed by atoms with Gasteiger partial charge in [-0.25, -0.2) is 12.7 Å². The van der Waals surface area contributed by atoms with E-state index in [4.69, 9.17) is 4.74 Å². The molecule has 4 rings (SSSR count). The van der Waals surface area contributed by atoms with Gasteiger partial charge in [0.05, 0.1) is 19.0 Å². The number of hydrogen-bond acceptors (Lipinski definition) is 5. The zero-order valence-electron chi connectivity index (χ0n) is 18.6. The fourth-order valence-corrected chi connectivity index (χ4v) is 6.09. The van der Waals surface area contributed by atoms with Crippen molar-refractivity contribution in [1.29, 1.82) is 0 Å². The van der Waals surface area contributed by atoms with E-state index in [2.05, 4.69) is 38.3 Å². The Labute approximate surface area is 204 Å². The highest BCUT2D eigenvalue weighted by atomic mass is 79.9. The van der Waals surface area contributed by atoms with Crippen molar-refractivity contribution in [2.45, 2.75) is 25.1 Å². The lowest BCUT2D eigenvalue weighted by molar-refractivity contribution is -0.126. The lowest BCUT2D eigenvalue weighted by Gasteiger charge is -2.30. The third kappa shape index (κ3) is 6.56. The number of sulfonamides is 1. The number of nitrogens with zero attached hydrogens (tertiary/aromatic N) is 2. The average Bonchev–Trinajstić information content (AvgIpc) is 2.85. The van der Waals surface area contributed by atoms with Crippen LogP contribution in [0.3, 0.4) is 0 Å². The lowest BCUT2D eigenvalue weighted by Crippen LogP contribution is -2.43. The van der Waals surface area contributed by atoms with Crippen LogP contribution in [0, 0.1) is 5.92 Å². The molecule has 33 heavy (non-hydrogen) atoms. The first-order valence-electron chi connectivity index (χ1n) is 11.3. The molecule has 2 saturated heterocycles. The Morgan fingerprint density at radius 2 is 1.55 bits per heavy atom. The molecule has 0 unspecified atom stereocenters. The summed E-state index contributed by atoms with van der Waals surface area (Å²) in [6.45, 7) is 4.53. The molecule has 2 heterocycles. The van der Waals surface area contributed by atoms with Crippen molar-refractivity contribution in [2.24, 2.45) is 5.92 Å². The summed E-state index contributed by atoms with van der Waals surface area (Å²) in [5, 5.41) is 3.02. The van der Waals surface area contributed by atoms with Crippen LogP contribution in [0.5, 0.6) is 0 Å². The first kappa shape index (κ1) is 24.2. The van der Waals surface area contributed by atoms with Gasteiger partial charge in [0.1, 0.15) is 0 Å². The van der Waals surface area contributed by atoms with Gasteiger partial charge in [0.15, 0.2) is 0 Å². The third-order valence-corrected chi connectivity index (χ3v) is 8.64. The van der Waals surface area contributed by atoms with Gasteiger partial charge in [-0.2, -0.15) is 0 Å². The summed E-state index contributed by atoms with van der Waals surface area (Å²) in [6, 6.07) is 15.6. The SMILES string of the molecule is O=C(NCc1ccc(N2CCOCC2)cc1)C1CCN(S(=O)(=O)Cc2ccc(Br)cc2)CC1. The Balaban J connectivity index is 1.23. The summed E-state index contributed by atoms with van der Waals surface area (Å²) >= 11 is 3.37. The number of rotatable bonds is 7. The van der Waals surface area contributed by atoms with Crippen LogP contribution in [0.2, 0.25) is 0 Å². The summed E-state index contributed by atoms with van der Waals surface area (Å²) in [5.74, 6) is -0.175. The molecule has 1 N–H and O–H groups in total. The summed E-state index contributed by atoms with van der Waals surface area (Å²) in [4.78, 5) is 15.0. The maximum Gasteiger partial charge on any atom is 0.223 e. The Bertz CT molecular complexity index is 1030. The minimum absolute atomic E-state index is 0.00258. The topological polar surface area (TPSA) is 79.0 Å². The fourth-order valence-electron chi connectivity index (χ4n) is 4.26.